The van der Waals surface area contributed by atoms with Gasteiger partial charge in [0, 0.05) is 29.3 Å². The molecule has 2 saturated carbocycles. The van der Waals surface area contributed by atoms with E-state index in [1.54, 1.807) is 0 Å². The molecule has 3 rings (SSSR count). The van der Waals surface area contributed by atoms with Gasteiger partial charge in [0.2, 0.25) is 0 Å². The van der Waals surface area contributed by atoms with E-state index in [-0.39, 0.29) is 0 Å². The Balaban J connectivity index is 1.72. The molecule has 0 bridgehead atoms. The van der Waals surface area contributed by atoms with Crippen LogP contribution in [0.15, 0.2) is 0 Å². The molecule has 0 aromatic carbocycles. The Hall–Kier alpha value is -0.410. The highest BCUT2D eigenvalue weighted by atomic mass is 32.1. The number of nitrogens with zero attached hydrogens (tertiary/aromatic N) is 1. The van der Waals surface area contributed by atoms with Crippen LogP contribution in [0.2, 0.25) is 0 Å². The first kappa shape index (κ1) is 14.5. The van der Waals surface area contributed by atoms with E-state index in [9.17, 15) is 0 Å². The van der Waals surface area contributed by atoms with Crippen molar-refractivity contribution < 1.29 is 0 Å². The Morgan fingerprint density at radius 1 is 1.15 bits per heavy atom. The number of hydrogen-bond donors (Lipinski definition) is 1. The highest BCUT2D eigenvalue weighted by molar-refractivity contribution is 7.11. The van der Waals surface area contributed by atoms with Crippen molar-refractivity contribution in [3.05, 3.63) is 15.6 Å². The molecule has 1 unspecified atom stereocenters. The largest absolute Gasteiger partial charge is 0.309 e. The van der Waals surface area contributed by atoms with Crippen LogP contribution in [0.1, 0.15) is 92.6 Å². The van der Waals surface area contributed by atoms with Crippen LogP contribution in [0, 0.1) is 0 Å². The molecule has 1 aromatic rings. The van der Waals surface area contributed by atoms with Crippen LogP contribution in [-0.2, 0) is 6.54 Å². The summed E-state index contributed by atoms with van der Waals surface area (Å²) in [5.74, 6) is 1.56. The molecule has 20 heavy (non-hydrogen) atoms. The molecule has 112 valence electrons. The maximum Gasteiger partial charge on any atom is 0.0962 e. The Morgan fingerprint density at radius 2 is 1.90 bits per heavy atom. The quantitative estimate of drug-likeness (QED) is 0.802. The Labute approximate surface area is 127 Å². The van der Waals surface area contributed by atoms with Crippen LogP contribution in [0.4, 0.5) is 0 Å². The maximum absolute atomic E-state index is 5.08. The van der Waals surface area contributed by atoms with Crippen LogP contribution in [0.3, 0.4) is 0 Å². The van der Waals surface area contributed by atoms with Crippen LogP contribution in [0.5, 0.6) is 0 Å². The summed E-state index contributed by atoms with van der Waals surface area (Å²) in [5, 5.41) is 5.11. The standard InChI is InChI=1S/C17H28N2S/c1-3-12(2)18-11-15-16(13-9-10-13)19-17(20-15)14-7-5-4-6-8-14/h12-14,18H,3-11H2,1-2H3. The second kappa shape index (κ2) is 6.57. The smallest absolute Gasteiger partial charge is 0.0962 e. The zero-order valence-corrected chi connectivity index (χ0v) is 13.8. The summed E-state index contributed by atoms with van der Waals surface area (Å²) >= 11 is 2.01. The van der Waals surface area contributed by atoms with Crippen molar-refractivity contribution in [3.63, 3.8) is 0 Å². The third kappa shape index (κ3) is 3.43. The normalized spacial score (nSPS) is 22.1. The minimum Gasteiger partial charge on any atom is -0.309 e. The van der Waals surface area contributed by atoms with Gasteiger partial charge in [0.05, 0.1) is 10.7 Å². The predicted octanol–water partition coefficient (Wildman–Crippen LogP) is 4.96. The van der Waals surface area contributed by atoms with Crippen molar-refractivity contribution >= 4 is 11.3 Å². The minimum absolute atomic E-state index is 0.613. The van der Waals surface area contributed by atoms with Crippen LogP contribution >= 0.6 is 11.3 Å². The summed E-state index contributed by atoms with van der Waals surface area (Å²) in [6.45, 7) is 5.56. The fourth-order valence-electron chi connectivity index (χ4n) is 3.12. The molecule has 0 spiro atoms. The molecular weight excluding hydrogens is 264 g/mol. The number of rotatable bonds is 6. The van der Waals surface area contributed by atoms with Crippen molar-refractivity contribution in [3.8, 4) is 0 Å². The highest BCUT2D eigenvalue weighted by Crippen LogP contribution is 2.45. The molecule has 0 radical (unpaired) electrons. The van der Waals surface area contributed by atoms with E-state index in [4.69, 9.17) is 4.98 Å². The van der Waals surface area contributed by atoms with Gasteiger partial charge in [-0.2, -0.15) is 0 Å². The van der Waals surface area contributed by atoms with Gasteiger partial charge in [-0.05, 0) is 39.0 Å². The summed E-state index contributed by atoms with van der Waals surface area (Å²) in [7, 11) is 0. The number of thiazole rings is 1. The highest BCUT2D eigenvalue weighted by Gasteiger charge is 2.31. The van der Waals surface area contributed by atoms with E-state index in [2.05, 4.69) is 19.2 Å². The summed E-state index contributed by atoms with van der Waals surface area (Å²) in [5.41, 5.74) is 1.45. The van der Waals surface area contributed by atoms with Crippen molar-refractivity contribution in [2.45, 2.75) is 89.6 Å². The number of hydrogen-bond acceptors (Lipinski definition) is 3. The molecule has 1 N–H and O–H groups in total. The zero-order valence-electron chi connectivity index (χ0n) is 13.0. The SMILES string of the molecule is CCC(C)NCc1sc(C2CCCCC2)nc1C1CC1. The molecule has 1 aromatic heterocycles. The second-order valence-electron chi connectivity index (χ2n) is 6.66. The van der Waals surface area contributed by atoms with Crippen molar-refractivity contribution in [1.29, 1.82) is 0 Å². The van der Waals surface area contributed by atoms with Crippen molar-refractivity contribution in [1.82, 2.24) is 10.3 Å². The monoisotopic (exact) mass is 292 g/mol. The molecule has 2 nitrogen and oxygen atoms in total. The van der Waals surface area contributed by atoms with E-state index in [0.29, 0.717) is 6.04 Å². The third-order valence-electron chi connectivity index (χ3n) is 4.89. The van der Waals surface area contributed by atoms with Crippen LogP contribution < -0.4 is 5.32 Å². The van der Waals surface area contributed by atoms with E-state index < -0.39 is 0 Å². The molecule has 0 saturated heterocycles. The Bertz CT molecular complexity index is 430. The summed E-state index contributed by atoms with van der Waals surface area (Å²) in [4.78, 5) is 6.61. The number of nitrogens with one attached hydrogen (secondary N) is 1. The second-order valence-corrected chi connectivity index (χ2v) is 7.78. The molecule has 1 heterocycles. The molecule has 2 aliphatic carbocycles. The number of aromatic nitrogens is 1. The third-order valence-corrected chi connectivity index (χ3v) is 6.12. The molecule has 2 aliphatic rings. The van der Waals surface area contributed by atoms with Gasteiger partial charge in [0.1, 0.15) is 0 Å². The Morgan fingerprint density at radius 3 is 2.55 bits per heavy atom. The molecule has 0 amide bonds. The molecule has 3 heteroatoms. The predicted molar refractivity (Wildman–Crippen MR) is 86.5 cm³/mol. The van der Waals surface area contributed by atoms with Gasteiger partial charge in [-0.3, -0.25) is 0 Å². The lowest BCUT2D eigenvalue weighted by molar-refractivity contribution is 0.442. The lowest BCUT2D eigenvalue weighted by Crippen LogP contribution is -2.24. The minimum atomic E-state index is 0.613. The summed E-state index contributed by atoms with van der Waals surface area (Å²) in [6.07, 6.45) is 10.9. The summed E-state index contributed by atoms with van der Waals surface area (Å²) < 4.78 is 0. The summed E-state index contributed by atoms with van der Waals surface area (Å²) in [6, 6.07) is 0.613. The lowest BCUT2D eigenvalue weighted by Gasteiger charge is -2.18. The van der Waals surface area contributed by atoms with Gasteiger partial charge in [0.25, 0.3) is 0 Å². The van der Waals surface area contributed by atoms with E-state index in [0.717, 1.165) is 18.4 Å². The van der Waals surface area contributed by atoms with Crippen molar-refractivity contribution in [2.24, 2.45) is 0 Å². The van der Waals surface area contributed by atoms with Crippen LogP contribution in [-0.4, -0.2) is 11.0 Å². The zero-order chi connectivity index (χ0) is 13.9. The molecule has 0 aliphatic heterocycles. The van der Waals surface area contributed by atoms with Gasteiger partial charge in [-0.1, -0.05) is 26.2 Å². The average Bonchev–Trinajstić information content (AvgIpc) is 3.25. The molecule has 2 fully saturated rings. The average molecular weight is 292 g/mol. The lowest BCUT2D eigenvalue weighted by atomic mass is 9.90. The van der Waals surface area contributed by atoms with Gasteiger partial charge < -0.3 is 5.32 Å². The van der Waals surface area contributed by atoms with Crippen molar-refractivity contribution in [2.75, 3.05) is 0 Å². The first-order valence-electron chi connectivity index (χ1n) is 8.50. The van der Waals surface area contributed by atoms with E-state index in [1.165, 1.54) is 66.9 Å². The van der Waals surface area contributed by atoms with E-state index in [1.807, 2.05) is 11.3 Å². The molecular formula is C17H28N2S. The van der Waals surface area contributed by atoms with Gasteiger partial charge >= 0.3 is 0 Å². The first-order valence-corrected chi connectivity index (χ1v) is 9.32. The Kier molecular flexibility index (Phi) is 4.77. The first-order chi connectivity index (χ1) is 9.78. The van der Waals surface area contributed by atoms with Gasteiger partial charge in [-0.25, -0.2) is 4.98 Å². The van der Waals surface area contributed by atoms with Gasteiger partial charge in [0.15, 0.2) is 0 Å². The fraction of sp³-hybridized carbons (Fsp3) is 0.824. The van der Waals surface area contributed by atoms with E-state index >= 15 is 0 Å². The fourth-order valence-corrected chi connectivity index (χ4v) is 4.39. The molecule has 1 atom stereocenters. The topological polar surface area (TPSA) is 24.9 Å². The van der Waals surface area contributed by atoms with Gasteiger partial charge in [-0.15, -0.1) is 11.3 Å². The van der Waals surface area contributed by atoms with Crippen LogP contribution in [0.25, 0.3) is 0 Å². The maximum atomic E-state index is 5.08.